The van der Waals surface area contributed by atoms with E-state index in [0.717, 1.165) is 17.0 Å². The molecule has 0 amide bonds. The summed E-state index contributed by atoms with van der Waals surface area (Å²) in [7, 11) is 0. The minimum absolute atomic E-state index is 0.328. The molecule has 2 aromatic heterocycles. The molecule has 0 aliphatic carbocycles. The van der Waals surface area contributed by atoms with Crippen LogP contribution in [0.25, 0.3) is 5.65 Å². The summed E-state index contributed by atoms with van der Waals surface area (Å²) in [6.45, 7) is 6.11. The molecule has 2 N–H and O–H groups in total. The van der Waals surface area contributed by atoms with Crippen molar-refractivity contribution in [1.29, 1.82) is 0 Å². The van der Waals surface area contributed by atoms with Gasteiger partial charge in [0.2, 0.25) is 0 Å². The Kier molecular flexibility index (Phi) is 1.91. The van der Waals surface area contributed by atoms with Crippen molar-refractivity contribution in [2.24, 2.45) is 0 Å². The predicted octanol–water partition coefficient (Wildman–Crippen LogP) is 1.74. The molecule has 0 radical (unpaired) electrons. The number of nitrogens with two attached hydrogens (primary N) is 1. The molecule has 74 valence electrons. The van der Waals surface area contributed by atoms with Crippen LogP contribution >= 0.6 is 0 Å². The maximum absolute atomic E-state index is 5.91. The van der Waals surface area contributed by atoms with Crippen LogP contribution in [0.5, 0.6) is 0 Å². The third kappa shape index (κ3) is 1.23. The molecule has 0 aromatic carbocycles. The lowest BCUT2D eigenvalue weighted by atomic mass is 10.2. The Morgan fingerprint density at radius 3 is 2.79 bits per heavy atom. The van der Waals surface area contributed by atoms with Crippen LogP contribution in [-0.2, 0) is 0 Å². The highest BCUT2D eigenvalue weighted by atomic mass is 15.3. The van der Waals surface area contributed by atoms with Gasteiger partial charge in [-0.15, -0.1) is 0 Å². The second-order valence-corrected chi connectivity index (χ2v) is 3.81. The van der Waals surface area contributed by atoms with E-state index in [2.05, 4.69) is 23.9 Å². The first kappa shape index (κ1) is 8.99. The number of fused-ring (bicyclic) bond motifs is 1. The quantitative estimate of drug-likeness (QED) is 0.745. The molecule has 0 spiro atoms. The summed E-state index contributed by atoms with van der Waals surface area (Å²) in [6, 6.07) is 1.95. The Morgan fingerprint density at radius 2 is 2.14 bits per heavy atom. The Labute approximate surface area is 82.8 Å². The second kappa shape index (κ2) is 2.97. The normalized spacial score (nSPS) is 11.4. The summed E-state index contributed by atoms with van der Waals surface area (Å²) in [5.41, 5.74) is 8.42. The number of nitrogens with zero attached hydrogens (tertiary/aromatic N) is 3. The highest BCUT2D eigenvalue weighted by Crippen LogP contribution is 2.18. The molecule has 0 atom stereocenters. The molecule has 0 saturated carbocycles. The third-order valence-corrected chi connectivity index (χ3v) is 2.30. The molecule has 2 rings (SSSR count). The number of pyridine rings is 1. The van der Waals surface area contributed by atoms with Crippen LogP contribution < -0.4 is 5.73 Å². The molecule has 0 bridgehead atoms. The number of aromatic nitrogens is 3. The van der Waals surface area contributed by atoms with E-state index < -0.39 is 0 Å². The summed E-state index contributed by atoms with van der Waals surface area (Å²) >= 11 is 0. The smallest absolute Gasteiger partial charge is 0.178 e. The SMILES string of the molecule is Cc1ccn2nc(C(C)C)nc2c1N. The lowest BCUT2D eigenvalue weighted by Gasteiger charge is -1.98. The zero-order valence-corrected chi connectivity index (χ0v) is 8.65. The van der Waals surface area contributed by atoms with Crippen LogP contribution in [-0.4, -0.2) is 14.6 Å². The summed E-state index contributed by atoms with van der Waals surface area (Å²) in [4.78, 5) is 4.40. The van der Waals surface area contributed by atoms with E-state index in [1.165, 1.54) is 0 Å². The third-order valence-electron chi connectivity index (χ3n) is 2.30. The van der Waals surface area contributed by atoms with Gasteiger partial charge in [-0.1, -0.05) is 13.8 Å². The summed E-state index contributed by atoms with van der Waals surface area (Å²) in [5, 5.41) is 4.34. The van der Waals surface area contributed by atoms with E-state index >= 15 is 0 Å². The summed E-state index contributed by atoms with van der Waals surface area (Å²) < 4.78 is 1.73. The van der Waals surface area contributed by atoms with Crippen molar-refractivity contribution in [1.82, 2.24) is 14.6 Å². The van der Waals surface area contributed by atoms with Gasteiger partial charge in [-0.25, -0.2) is 9.50 Å². The van der Waals surface area contributed by atoms with Crippen LogP contribution in [0.1, 0.15) is 31.2 Å². The van der Waals surface area contributed by atoms with Crippen molar-refractivity contribution in [3.05, 3.63) is 23.7 Å². The highest BCUT2D eigenvalue weighted by molar-refractivity contribution is 5.67. The molecule has 0 aliphatic rings. The Balaban J connectivity index is 2.71. The minimum Gasteiger partial charge on any atom is -0.395 e. The largest absolute Gasteiger partial charge is 0.395 e. The topological polar surface area (TPSA) is 56.2 Å². The second-order valence-electron chi connectivity index (χ2n) is 3.81. The molecule has 4 nitrogen and oxygen atoms in total. The van der Waals surface area contributed by atoms with Gasteiger partial charge < -0.3 is 5.73 Å². The Hall–Kier alpha value is -1.58. The number of hydrogen-bond acceptors (Lipinski definition) is 3. The van der Waals surface area contributed by atoms with Gasteiger partial charge in [-0.2, -0.15) is 5.10 Å². The molecule has 0 aliphatic heterocycles. The molecule has 0 unspecified atom stereocenters. The van der Waals surface area contributed by atoms with Crippen molar-refractivity contribution in [2.45, 2.75) is 26.7 Å². The molecule has 14 heavy (non-hydrogen) atoms. The van der Waals surface area contributed by atoms with E-state index in [1.807, 2.05) is 19.2 Å². The summed E-state index contributed by atoms with van der Waals surface area (Å²) in [6.07, 6.45) is 1.89. The monoisotopic (exact) mass is 190 g/mol. The lowest BCUT2D eigenvalue weighted by molar-refractivity contribution is 0.765. The van der Waals surface area contributed by atoms with E-state index in [0.29, 0.717) is 11.6 Å². The highest BCUT2D eigenvalue weighted by Gasteiger charge is 2.10. The molecular weight excluding hydrogens is 176 g/mol. The zero-order chi connectivity index (χ0) is 10.3. The Morgan fingerprint density at radius 1 is 1.43 bits per heavy atom. The molecule has 2 heterocycles. The summed E-state index contributed by atoms with van der Waals surface area (Å²) in [5.74, 6) is 1.16. The minimum atomic E-state index is 0.328. The lowest BCUT2D eigenvalue weighted by Crippen LogP contribution is -1.96. The number of hydrogen-bond donors (Lipinski definition) is 1. The van der Waals surface area contributed by atoms with Crippen LogP contribution in [0, 0.1) is 6.92 Å². The zero-order valence-electron chi connectivity index (χ0n) is 8.65. The molecule has 2 aromatic rings. The van der Waals surface area contributed by atoms with E-state index in [-0.39, 0.29) is 0 Å². The van der Waals surface area contributed by atoms with Gasteiger partial charge in [0.15, 0.2) is 11.5 Å². The van der Waals surface area contributed by atoms with Crippen LogP contribution in [0.15, 0.2) is 12.3 Å². The fraction of sp³-hybridized carbons (Fsp3) is 0.400. The number of anilines is 1. The standard InChI is InChI=1S/C10H14N4/c1-6(2)9-12-10-8(11)7(3)4-5-14(10)13-9/h4-6H,11H2,1-3H3. The van der Waals surface area contributed by atoms with Gasteiger partial charge in [0.1, 0.15) is 0 Å². The van der Waals surface area contributed by atoms with Crippen molar-refractivity contribution in [2.75, 3.05) is 5.73 Å². The Bertz CT molecular complexity index is 470. The maximum atomic E-state index is 5.91. The van der Waals surface area contributed by atoms with Gasteiger partial charge >= 0.3 is 0 Å². The molecule has 0 saturated heterocycles. The van der Waals surface area contributed by atoms with E-state index in [4.69, 9.17) is 5.73 Å². The maximum Gasteiger partial charge on any atom is 0.178 e. The first-order valence-corrected chi connectivity index (χ1v) is 4.71. The van der Waals surface area contributed by atoms with Gasteiger partial charge in [-0.3, -0.25) is 0 Å². The number of rotatable bonds is 1. The van der Waals surface area contributed by atoms with Crippen molar-refractivity contribution in [3.63, 3.8) is 0 Å². The average Bonchev–Trinajstić information content (AvgIpc) is 2.56. The molecule has 4 heteroatoms. The van der Waals surface area contributed by atoms with Crippen molar-refractivity contribution >= 4 is 11.3 Å². The van der Waals surface area contributed by atoms with Crippen LogP contribution in [0.2, 0.25) is 0 Å². The van der Waals surface area contributed by atoms with Gasteiger partial charge in [0.25, 0.3) is 0 Å². The van der Waals surface area contributed by atoms with Crippen molar-refractivity contribution in [3.8, 4) is 0 Å². The van der Waals surface area contributed by atoms with E-state index in [1.54, 1.807) is 4.52 Å². The fourth-order valence-corrected chi connectivity index (χ4v) is 1.32. The van der Waals surface area contributed by atoms with Gasteiger partial charge in [0.05, 0.1) is 5.69 Å². The number of aryl methyl sites for hydroxylation is 1. The van der Waals surface area contributed by atoms with Crippen LogP contribution in [0.3, 0.4) is 0 Å². The van der Waals surface area contributed by atoms with Crippen molar-refractivity contribution < 1.29 is 0 Å². The first-order chi connectivity index (χ1) is 6.59. The van der Waals surface area contributed by atoms with Crippen LogP contribution in [0.4, 0.5) is 5.69 Å². The fourth-order valence-electron chi connectivity index (χ4n) is 1.32. The number of nitrogen functional groups attached to an aromatic ring is 1. The predicted molar refractivity (Wildman–Crippen MR) is 56.2 cm³/mol. The van der Waals surface area contributed by atoms with E-state index in [9.17, 15) is 0 Å². The van der Waals surface area contributed by atoms with Gasteiger partial charge in [-0.05, 0) is 18.6 Å². The molecule has 0 fully saturated rings. The molecular formula is C10H14N4. The average molecular weight is 190 g/mol. The first-order valence-electron chi connectivity index (χ1n) is 4.71. The van der Waals surface area contributed by atoms with Gasteiger partial charge in [0, 0.05) is 12.1 Å².